The average Bonchev–Trinajstić information content (AvgIpc) is 3.20. The second-order valence-electron chi connectivity index (χ2n) is 8.62. The van der Waals surface area contributed by atoms with Crippen molar-refractivity contribution in [1.82, 2.24) is 0 Å². The fourth-order valence-electron chi connectivity index (χ4n) is 4.33. The maximum atomic E-state index is 14.9. The van der Waals surface area contributed by atoms with E-state index in [1.165, 1.54) is 12.2 Å². The highest BCUT2D eigenvalue weighted by molar-refractivity contribution is 5.66. The van der Waals surface area contributed by atoms with Crippen molar-refractivity contribution in [3.8, 4) is 0 Å². The Morgan fingerprint density at radius 3 is 2.60 bits per heavy atom. The van der Waals surface area contributed by atoms with Gasteiger partial charge in [0.05, 0.1) is 11.5 Å². The molecule has 2 fully saturated rings. The summed E-state index contributed by atoms with van der Waals surface area (Å²) in [6.45, 7) is 2.83. The third-order valence-corrected chi connectivity index (χ3v) is 6.44. The van der Waals surface area contributed by atoms with Crippen LogP contribution in [0, 0.1) is 17.3 Å². The van der Waals surface area contributed by atoms with Gasteiger partial charge in [0.15, 0.2) is 6.17 Å². The third-order valence-electron chi connectivity index (χ3n) is 6.44. The summed E-state index contributed by atoms with van der Waals surface area (Å²) in [6.07, 6.45) is -0.964. The molecule has 1 saturated carbocycles. The molecule has 2 unspecified atom stereocenters. The lowest BCUT2D eigenvalue weighted by atomic mass is 9.78. The number of alkyl halides is 4. The Balaban J connectivity index is 2.04. The number of carboxylic acids is 1. The highest BCUT2D eigenvalue weighted by atomic mass is 19.4. The molecule has 0 aromatic carbocycles. The molecule has 0 aromatic rings. The Labute approximate surface area is 175 Å². The Morgan fingerprint density at radius 2 is 2.00 bits per heavy atom. The molecule has 0 spiro atoms. The van der Waals surface area contributed by atoms with E-state index in [0.717, 1.165) is 6.92 Å². The maximum absolute atomic E-state index is 14.9. The number of hydrogen-bond donors (Lipinski definition) is 2. The molecule has 1 saturated heterocycles. The van der Waals surface area contributed by atoms with Gasteiger partial charge in [-0.1, -0.05) is 31.9 Å². The molecule has 6 atom stereocenters. The zero-order chi connectivity index (χ0) is 22.5. The van der Waals surface area contributed by atoms with Crippen LogP contribution in [-0.2, 0) is 9.53 Å². The van der Waals surface area contributed by atoms with Gasteiger partial charge in [0, 0.05) is 12.3 Å². The Kier molecular flexibility index (Phi) is 8.36. The summed E-state index contributed by atoms with van der Waals surface area (Å²) in [5, 5.41) is 19.0. The van der Waals surface area contributed by atoms with E-state index in [4.69, 9.17) is 9.84 Å². The van der Waals surface area contributed by atoms with E-state index in [2.05, 4.69) is 0 Å². The standard InChI is InChI=1S/C22H32F4O4/c1-3-4-13-21(2,22(24,25)26)17(27)12-10-14-9-11-15-19(14)20(23)16(30-15)7-5-6-8-18(28)29/h7,10,12,14-15,17,19-20,27H,3-6,8-9,11,13H2,1-2H3,(H,28,29)/b12-10+,16-7-/t14-,15-,17-,19-,20?,21?/m1/s1. The molecular weight excluding hydrogens is 404 g/mol. The number of aliphatic carboxylic acids is 1. The van der Waals surface area contributed by atoms with Crippen LogP contribution in [0.1, 0.15) is 65.2 Å². The number of hydrogen-bond acceptors (Lipinski definition) is 3. The summed E-state index contributed by atoms with van der Waals surface area (Å²) < 4.78 is 61.3. The molecule has 0 amide bonds. The number of carbonyl (C=O) groups is 1. The van der Waals surface area contributed by atoms with Crippen molar-refractivity contribution in [1.29, 1.82) is 0 Å². The lowest BCUT2D eigenvalue weighted by Gasteiger charge is -2.35. The minimum atomic E-state index is -4.55. The molecule has 1 aliphatic heterocycles. The van der Waals surface area contributed by atoms with E-state index in [9.17, 15) is 27.5 Å². The molecule has 8 heteroatoms. The molecule has 1 heterocycles. The molecule has 172 valence electrons. The predicted octanol–water partition coefficient (Wildman–Crippen LogP) is 5.56. The molecule has 1 aliphatic carbocycles. The largest absolute Gasteiger partial charge is 0.492 e. The molecule has 0 radical (unpaired) electrons. The van der Waals surface area contributed by atoms with Crippen LogP contribution in [0.3, 0.4) is 0 Å². The van der Waals surface area contributed by atoms with Crippen LogP contribution in [0.4, 0.5) is 17.6 Å². The van der Waals surface area contributed by atoms with Crippen LogP contribution in [0.25, 0.3) is 0 Å². The molecule has 2 N–H and O–H groups in total. The summed E-state index contributed by atoms with van der Waals surface area (Å²) in [5.74, 6) is -1.53. The molecular formula is C22H32F4O4. The van der Waals surface area contributed by atoms with Gasteiger partial charge in [-0.05, 0) is 51.0 Å². The van der Waals surface area contributed by atoms with Gasteiger partial charge >= 0.3 is 12.1 Å². The van der Waals surface area contributed by atoms with E-state index < -0.39 is 35.8 Å². The summed E-state index contributed by atoms with van der Waals surface area (Å²) in [7, 11) is 0. The Bertz CT molecular complexity index is 646. The van der Waals surface area contributed by atoms with Gasteiger partial charge in [-0.3, -0.25) is 4.79 Å². The first-order valence-electron chi connectivity index (χ1n) is 10.7. The van der Waals surface area contributed by atoms with Crippen molar-refractivity contribution in [3.63, 3.8) is 0 Å². The summed E-state index contributed by atoms with van der Waals surface area (Å²) >= 11 is 0. The third kappa shape index (κ3) is 5.56. The Morgan fingerprint density at radius 1 is 1.30 bits per heavy atom. The molecule has 2 aliphatic rings. The van der Waals surface area contributed by atoms with Crippen molar-refractivity contribution in [2.75, 3.05) is 0 Å². The second kappa shape index (κ2) is 10.2. The van der Waals surface area contributed by atoms with E-state index in [1.54, 1.807) is 13.0 Å². The van der Waals surface area contributed by atoms with E-state index in [0.29, 0.717) is 38.5 Å². The van der Waals surface area contributed by atoms with Crippen LogP contribution < -0.4 is 0 Å². The van der Waals surface area contributed by atoms with Crippen molar-refractivity contribution in [3.05, 3.63) is 24.0 Å². The summed E-state index contributed by atoms with van der Waals surface area (Å²) in [6, 6.07) is 0. The zero-order valence-corrected chi connectivity index (χ0v) is 17.5. The normalized spacial score (nSPS) is 31.0. The first-order chi connectivity index (χ1) is 14.0. The predicted molar refractivity (Wildman–Crippen MR) is 104 cm³/mol. The van der Waals surface area contributed by atoms with Gasteiger partial charge in [-0.15, -0.1) is 0 Å². The fraction of sp³-hybridized carbons (Fsp3) is 0.773. The Hall–Kier alpha value is -1.57. The van der Waals surface area contributed by atoms with Crippen LogP contribution in [0.5, 0.6) is 0 Å². The van der Waals surface area contributed by atoms with Crippen molar-refractivity contribution < 1.29 is 37.3 Å². The van der Waals surface area contributed by atoms with Crippen LogP contribution in [0.2, 0.25) is 0 Å². The molecule has 0 bridgehead atoms. The lowest BCUT2D eigenvalue weighted by Crippen LogP contribution is -2.44. The average molecular weight is 436 g/mol. The van der Waals surface area contributed by atoms with Gasteiger partial charge in [0.2, 0.25) is 0 Å². The first-order valence-corrected chi connectivity index (χ1v) is 10.7. The van der Waals surface area contributed by atoms with Gasteiger partial charge in [-0.25, -0.2) is 4.39 Å². The number of halogens is 4. The number of fused-ring (bicyclic) bond motifs is 1. The van der Waals surface area contributed by atoms with Gasteiger partial charge in [0.25, 0.3) is 0 Å². The highest BCUT2D eigenvalue weighted by Crippen LogP contribution is 2.48. The molecule has 2 rings (SSSR count). The SMILES string of the molecule is CCCCC(C)([C@H](O)/C=C/[C@H]1CC[C@H]2O/C(=C\CCCC(=O)O)C(F)[C@H]12)C(F)(F)F. The number of aliphatic hydroxyl groups excluding tert-OH is 1. The number of unbranched alkanes of at least 4 members (excludes halogenated alkanes) is 2. The molecule has 0 aromatic heterocycles. The second-order valence-corrected chi connectivity index (χ2v) is 8.62. The smallest absolute Gasteiger partial charge is 0.397 e. The minimum absolute atomic E-state index is 0.00710. The van der Waals surface area contributed by atoms with E-state index >= 15 is 0 Å². The number of allylic oxidation sites excluding steroid dienone is 3. The topological polar surface area (TPSA) is 66.8 Å². The van der Waals surface area contributed by atoms with Crippen molar-refractivity contribution in [2.45, 2.75) is 89.8 Å². The van der Waals surface area contributed by atoms with Crippen LogP contribution in [0.15, 0.2) is 24.0 Å². The monoisotopic (exact) mass is 436 g/mol. The van der Waals surface area contributed by atoms with Crippen molar-refractivity contribution in [2.24, 2.45) is 17.3 Å². The first kappa shape index (κ1) is 24.7. The maximum Gasteiger partial charge on any atom is 0.397 e. The highest BCUT2D eigenvalue weighted by Gasteiger charge is 2.54. The van der Waals surface area contributed by atoms with E-state index in [1.807, 2.05) is 0 Å². The molecule has 30 heavy (non-hydrogen) atoms. The number of ether oxygens (including phenoxy) is 1. The summed E-state index contributed by atoms with van der Waals surface area (Å²) in [5.41, 5.74) is -2.24. The fourth-order valence-corrected chi connectivity index (χ4v) is 4.33. The van der Waals surface area contributed by atoms with Gasteiger partial charge < -0.3 is 14.9 Å². The summed E-state index contributed by atoms with van der Waals surface area (Å²) in [4.78, 5) is 10.6. The van der Waals surface area contributed by atoms with Crippen LogP contribution >= 0.6 is 0 Å². The van der Waals surface area contributed by atoms with Gasteiger partial charge in [0.1, 0.15) is 11.9 Å². The minimum Gasteiger partial charge on any atom is -0.492 e. The number of rotatable bonds is 10. The number of aliphatic hydroxyl groups is 1. The zero-order valence-electron chi connectivity index (χ0n) is 17.5. The quantitative estimate of drug-likeness (QED) is 0.267. The van der Waals surface area contributed by atoms with E-state index in [-0.39, 0.29) is 30.6 Å². The van der Waals surface area contributed by atoms with Crippen molar-refractivity contribution >= 4 is 5.97 Å². The molecule has 4 nitrogen and oxygen atoms in total. The van der Waals surface area contributed by atoms with Gasteiger partial charge in [-0.2, -0.15) is 13.2 Å². The lowest BCUT2D eigenvalue weighted by molar-refractivity contribution is -0.244. The van der Waals surface area contributed by atoms with Crippen LogP contribution in [-0.4, -0.2) is 40.7 Å². The number of carboxylic acid groups (broad SMARTS) is 1.